The van der Waals surface area contributed by atoms with Crippen LogP contribution in [-0.2, 0) is 23.8 Å². The van der Waals surface area contributed by atoms with Crippen molar-refractivity contribution in [2.75, 3.05) is 19.8 Å². The molecule has 0 amide bonds. The molecule has 0 aliphatic rings. The van der Waals surface area contributed by atoms with Crippen LogP contribution in [0.4, 0.5) is 0 Å². The van der Waals surface area contributed by atoms with Gasteiger partial charge in [0.2, 0.25) is 0 Å². The van der Waals surface area contributed by atoms with Crippen LogP contribution in [0.2, 0.25) is 0 Å². The first-order valence-corrected chi connectivity index (χ1v) is 26.0. The summed E-state index contributed by atoms with van der Waals surface area (Å²) in [5.41, 5.74) is 0. The molecule has 0 N–H and O–H groups in total. The minimum Gasteiger partial charge on any atom is -0.462 e. The molecule has 5 heteroatoms. The van der Waals surface area contributed by atoms with Crippen molar-refractivity contribution in [2.24, 2.45) is 0 Å². The molecular formula is C61H94O5. The quantitative estimate of drug-likeness (QED) is 0.0346. The molecule has 0 spiro atoms. The lowest BCUT2D eigenvalue weighted by molar-refractivity contribution is -0.162. The van der Waals surface area contributed by atoms with Crippen molar-refractivity contribution < 1.29 is 23.8 Å². The number of unbranched alkanes of at least 4 members (excludes halogenated alkanes) is 8. The van der Waals surface area contributed by atoms with Crippen molar-refractivity contribution >= 4 is 11.9 Å². The predicted octanol–water partition coefficient (Wildman–Crippen LogP) is 17.9. The van der Waals surface area contributed by atoms with Gasteiger partial charge in [-0.05, 0) is 128 Å². The molecule has 0 aromatic heterocycles. The van der Waals surface area contributed by atoms with Crippen molar-refractivity contribution in [1.29, 1.82) is 0 Å². The fourth-order valence-electron chi connectivity index (χ4n) is 6.30. The van der Waals surface area contributed by atoms with Crippen LogP contribution < -0.4 is 0 Å². The SMILES string of the molecule is CC/C=C\C/C=C\C/C=C\C/C=C\C/C=C\CCCCCC(=O)OCC(COCCCCCCC/C=C\C/C=C\C/C=C\C/C=C\CC)OC(=O)CC/C=C\C/C=C\C/C=C\C/C=C\CC. The zero-order valence-electron chi connectivity index (χ0n) is 42.1. The van der Waals surface area contributed by atoms with E-state index in [1.807, 2.05) is 6.08 Å². The standard InChI is InChI=1S/C61H94O5/c1-4-7-10-13-16-19-22-25-27-29-31-32-34-37-39-42-45-48-51-54-60(62)65-58-59(66-61(63)55-52-49-46-43-40-36-24-21-18-15-12-9-6-3)57-64-56-53-50-47-44-41-38-35-33-30-28-26-23-20-17-14-11-8-5-2/h7-12,16-21,25-28,31-33,35-37,39-40,46,49,59H,4-6,13-15,22-24,29-30,34,38,41-45,47-48,50-58H2,1-3H3/b10-7-,11-8-,12-9-,19-16-,20-17-,21-18-,27-25-,28-26-,32-31-,35-33-,39-37-,40-36-,49-46-. The Hall–Kier alpha value is -4.48. The first-order chi connectivity index (χ1) is 32.6. The number of ether oxygens (including phenoxy) is 3. The Balaban J connectivity index is 4.48. The van der Waals surface area contributed by atoms with Gasteiger partial charge in [0, 0.05) is 19.4 Å². The van der Waals surface area contributed by atoms with Gasteiger partial charge in [0.05, 0.1) is 6.61 Å². The molecule has 0 aliphatic heterocycles. The van der Waals surface area contributed by atoms with Gasteiger partial charge in [-0.3, -0.25) is 9.59 Å². The third-order valence-corrected chi connectivity index (χ3v) is 10.1. The number of hydrogen-bond acceptors (Lipinski definition) is 5. The molecular weight excluding hydrogens is 813 g/mol. The third kappa shape index (κ3) is 52.1. The Labute approximate surface area is 405 Å². The van der Waals surface area contributed by atoms with Crippen molar-refractivity contribution in [3.63, 3.8) is 0 Å². The Morgan fingerprint density at radius 3 is 1.08 bits per heavy atom. The number of hydrogen-bond donors (Lipinski definition) is 0. The largest absolute Gasteiger partial charge is 0.462 e. The second kappa shape index (κ2) is 54.9. The topological polar surface area (TPSA) is 61.8 Å². The molecule has 0 radical (unpaired) electrons. The van der Waals surface area contributed by atoms with E-state index in [4.69, 9.17) is 14.2 Å². The molecule has 0 saturated carbocycles. The van der Waals surface area contributed by atoms with Gasteiger partial charge in [-0.2, -0.15) is 0 Å². The minimum atomic E-state index is -0.611. The highest BCUT2D eigenvalue weighted by molar-refractivity contribution is 5.70. The van der Waals surface area contributed by atoms with E-state index in [-0.39, 0.29) is 31.6 Å². The zero-order valence-corrected chi connectivity index (χ0v) is 42.1. The predicted molar refractivity (Wildman–Crippen MR) is 288 cm³/mol. The van der Waals surface area contributed by atoms with Crippen LogP contribution in [-0.4, -0.2) is 37.9 Å². The van der Waals surface area contributed by atoms with Gasteiger partial charge in [-0.15, -0.1) is 0 Å². The first-order valence-electron chi connectivity index (χ1n) is 26.0. The maximum absolute atomic E-state index is 12.8. The average Bonchev–Trinajstić information content (AvgIpc) is 3.32. The maximum Gasteiger partial charge on any atom is 0.306 e. The molecule has 0 fully saturated rings. The Morgan fingerprint density at radius 2 is 0.667 bits per heavy atom. The summed E-state index contributed by atoms with van der Waals surface area (Å²) in [6, 6.07) is 0. The van der Waals surface area contributed by atoms with Gasteiger partial charge < -0.3 is 14.2 Å². The van der Waals surface area contributed by atoms with Crippen molar-refractivity contribution in [1.82, 2.24) is 0 Å². The molecule has 0 aromatic rings. The third-order valence-electron chi connectivity index (χ3n) is 10.1. The van der Waals surface area contributed by atoms with Crippen LogP contribution in [0.1, 0.15) is 188 Å². The normalized spacial score (nSPS) is 13.6. The Kier molecular flexibility index (Phi) is 51.1. The molecule has 1 unspecified atom stereocenters. The average molecular weight is 907 g/mol. The highest BCUT2D eigenvalue weighted by Crippen LogP contribution is 2.10. The number of carbonyl (C=O) groups excluding carboxylic acids is 2. The van der Waals surface area contributed by atoms with Gasteiger partial charge in [0.25, 0.3) is 0 Å². The second-order valence-corrected chi connectivity index (χ2v) is 16.3. The lowest BCUT2D eigenvalue weighted by atomic mass is 10.1. The van der Waals surface area contributed by atoms with E-state index >= 15 is 0 Å². The number of rotatable bonds is 45. The van der Waals surface area contributed by atoms with Gasteiger partial charge in [-0.25, -0.2) is 0 Å². The summed E-state index contributed by atoms with van der Waals surface area (Å²) in [7, 11) is 0. The molecule has 368 valence electrons. The molecule has 1 atom stereocenters. The highest BCUT2D eigenvalue weighted by atomic mass is 16.6. The number of carbonyl (C=O) groups is 2. The minimum absolute atomic E-state index is 0.0197. The maximum atomic E-state index is 12.8. The van der Waals surface area contributed by atoms with E-state index < -0.39 is 6.10 Å². The van der Waals surface area contributed by atoms with E-state index in [1.54, 1.807) is 0 Å². The summed E-state index contributed by atoms with van der Waals surface area (Å²) >= 11 is 0. The van der Waals surface area contributed by atoms with Crippen LogP contribution in [0.3, 0.4) is 0 Å². The van der Waals surface area contributed by atoms with Crippen LogP contribution >= 0.6 is 0 Å². The molecule has 0 heterocycles. The van der Waals surface area contributed by atoms with Gasteiger partial charge in [-0.1, -0.05) is 204 Å². The van der Waals surface area contributed by atoms with Crippen molar-refractivity contribution in [3.05, 3.63) is 158 Å². The number of esters is 2. The Morgan fingerprint density at radius 1 is 0.333 bits per heavy atom. The van der Waals surface area contributed by atoms with Crippen LogP contribution in [0.5, 0.6) is 0 Å². The fraction of sp³-hybridized carbons (Fsp3) is 0.541. The van der Waals surface area contributed by atoms with Crippen LogP contribution in [0, 0.1) is 0 Å². The monoisotopic (exact) mass is 907 g/mol. The van der Waals surface area contributed by atoms with E-state index in [1.165, 1.54) is 19.3 Å². The van der Waals surface area contributed by atoms with Gasteiger partial charge >= 0.3 is 11.9 Å². The summed E-state index contributed by atoms with van der Waals surface area (Å²) < 4.78 is 17.3. The summed E-state index contributed by atoms with van der Waals surface area (Å²) in [5, 5.41) is 0. The van der Waals surface area contributed by atoms with E-state index in [0.717, 1.165) is 128 Å². The highest BCUT2D eigenvalue weighted by Gasteiger charge is 2.17. The molecule has 0 aromatic carbocycles. The molecule has 5 nitrogen and oxygen atoms in total. The fourth-order valence-corrected chi connectivity index (χ4v) is 6.30. The van der Waals surface area contributed by atoms with E-state index in [9.17, 15) is 9.59 Å². The molecule has 0 bridgehead atoms. The molecule has 66 heavy (non-hydrogen) atoms. The summed E-state index contributed by atoms with van der Waals surface area (Å²) in [5.74, 6) is -0.554. The van der Waals surface area contributed by atoms with Crippen LogP contribution in [0.25, 0.3) is 0 Å². The lowest BCUT2D eigenvalue weighted by Gasteiger charge is -2.18. The molecule has 0 aliphatic carbocycles. The van der Waals surface area contributed by atoms with E-state index in [2.05, 4.69) is 173 Å². The number of allylic oxidation sites excluding steroid dienone is 26. The second-order valence-electron chi connectivity index (χ2n) is 16.3. The van der Waals surface area contributed by atoms with Crippen LogP contribution in [0.15, 0.2) is 158 Å². The van der Waals surface area contributed by atoms with Gasteiger partial charge in [0.1, 0.15) is 6.61 Å². The summed E-state index contributed by atoms with van der Waals surface area (Å²) in [6.07, 6.45) is 81.3. The van der Waals surface area contributed by atoms with E-state index in [0.29, 0.717) is 19.4 Å². The molecule has 0 saturated heterocycles. The van der Waals surface area contributed by atoms with Gasteiger partial charge in [0.15, 0.2) is 6.10 Å². The lowest BCUT2D eigenvalue weighted by Crippen LogP contribution is -2.30. The first kappa shape index (κ1) is 61.5. The zero-order chi connectivity index (χ0) is 47.7. The van der Waals surface area contributed by atoms with Crippen molar-refractivity contribution in [2.45, 2.75) is 194 Å². The summed E-state index contributed by atoms with van der Waals surface area (Å²) in [4.78, 5) is 25.4. The molecule has 0 rings (SSSR count). The smallest absolute Gasteiger partial charge is 0.306 e. The Bertz CT molecular complexity index is 1490. The van der Waals surface area contributed by atoms with Crippen molar-refractivity contribution in [3.8, 4) is 0 Å². The summed E-state index contributed by atoms with van der Waals surface area (Å²) in [6.45, 7) is 7.30.